The number of hydrogen-bond donors (Lipinski definition) is 1. The minimum atomic E-state index is 0.437. The van der Waals surface area contributed by atoms with E-state index in [1.165, 1.54) is 12.8 Å². The summed E-state index contributed by atoms with van der Waals surface area (Å²) >= 11 is 0. The van der Waals surface area contributed by atoms with Gasteiger partial charge in [0.05, 0.1) is 6.07 Å². The van der Waals surface area contributed by atoms with Crippen LogP contribution < -0.4 is 5.32 Å². The highest BCUT2D eigenvalue weighted by Gasteiger charge is 2.14. The van der Waals surface area contributed by atoms with E-state index in [-0.39, 0.29) is 0 Å². The standard InChI is InChI=1S/C12H24N2/c1-11(10-12(2,3)4)6-9-14-8-5-7-13/h11,14H,5-6,8-10H2,1-4H3/t11-/m0/s1. The van der Waals surface area contributed by atoms with Gasteiger partial charge in [0, 0.05) is 13.0 Å². The van der Waals surface area contributed by atoms with E-state index in [1.54, 1.807) is 0 Å². The Hall–Kier alpha value is -0.550. The average Bonchev–Trinajstić information content (AvgIpc) is 2.00. The van der Waals surface area contributed by atoms with Gasteiger partial charge in [-0.15, -0.1) is 0 Å². The highest BCUT2D eigenvalue weighted by molar-refractivity contribution is 4.71. The van der Waals surface area contributed by atoms with E-state index in [2.05, 4.69) is 39.1 Å². The normalized spacial score (nSPS) is 13.6. The molecule has 1 N–H and O–H groups in total. The van der Waals surface area contributed by atoms with E-state index in [1.807, 2.05) is 0 Å². The third-order valence-corrected chi connectivity index (χ3v) is 2.19. The monoisotopic (exact) mass is 196 g/mol. The molecule has 0 saturated carbocycles. The lowest BCUT2D eigenvalue weighted by Gasteiger charge is -2.23. The van der Waals surface area contributed by atoms with Crippen molar-refractivity contribution in [1.29, 1.82) is 5.26 Å². The van der Waals surface area contributed by atoms with Gasteiger partial charge in [-0.3, -0.25) is 0 Å². The number of hydrogen-bond acceptors (Lipinski definition) is 2. The smallest absolute Gasteiger partial charge is 0.0635 e. The van der Waals surface area contributed by atoms with Crippen LogP contribution >= 0.6 is 0 Å². The highest BCUT2D eigenvalue weighted by Crippen LogP contribution is 2.25. The molecule has 0 aromatic heterocycles. The third-order valence-electron chi connectivity index (χ3n) is 2.19. The maximum absolute atomic E-state index is 8.34. The Morgan fingerprint density at radius 3 is 2.43 bits per heavy atom. The summed E-state index contributed by atoms with van der Waals surface area (Å²) in [6.07, 6.45) is 3.10. The molecule has 0 amide bonds. The molecule has 0 bridgehead atoms. The second kappa shape index (κ2) is 6.84. The van der Waals surface area contributed by atoms with E-state index >= 15 is 0 Å². The molecule has 0 radical (unpaired) electrons. The minimum absolute atomic E-state index is 0.437. The average molecular weight is 196 g/mol. The zero-order chi connectivity index (χ0) is 11.0. The molecule has 0 aliphatic heterocycles. The molecular weight excluding hydrogens is 172 g/mol. The first-order valence-electron chi connectivity index (χ1n) is 5.53. The molecule has 0 aliphatic carbocycles. The van der Waals surface area contributed by atoms with Gasteiger partial charge < -0.3 is 5.32 Å². The Balaban J connectivity index is 3.37. The van der Waals surface area contributed by atoms with Crippen LogP contribution in [0.2, 0.25) is 0 Å². The molecule has 0 spiro atoms. The molecule has 2 nitrogen and oxygen atoms in total. The van der Waals surface area contributed by atoms with Crippen LogP contribution in [0.5, 0.6) is 0 Å². The van der Waals surface area contributed by atoms with Crippen LogP contribution in [0.4, 0.5) is 0 Å². The van der Waals surface area contributed by atoms with E-state index in [0.29, 0.717) is 11.8 Å². The van der Waals surface area contributed by atoms with Gasteiger partial charge in [0.25, 0.3) is 0 Å². The molecule has 14 heavy (non-hydrogen) atoms. The van der Waals surface area contributed by atoms with E-state index < -0.39 is 0 Å². The molecule has 0 fully saturated rings. The lowest BCUT2D eigenvalue weighted by Crippen LogP contribution is -2.20. The molecule has 0 unspecified atom stereocenters. The summed E-state index contributed by atoms with van der Waals surface area (Å²) in [5.74, 6) is 0.768. The summed E-state index contributed by atoms with van der Waals surface area (Å²) in [4.78, 5) is 0. The molecular formula is C12H24N2. The van der Waals surface area contributed by atoms with Crippen LogP contribution in [-0.2, 0) is 0 Å². The third kappa shape index (κ3) is 9.54. The van der Waals surface area contributed by atoms with Gasteiger partial charge in [0.15, 0.2) is 0 Å². The van der Waals surface area contributed by atoms with E-state index in [0.717, 1.165) is 19.0 Å². The number of nitrogens with one attached hydrogen (secondary N) is 1. The van der Waals surface area contributed by atoms with Crippen LogP contribution in [0, 0.1) is 22.7 Å². The summed E-state index contributed by atoms with van der Waals surface area (Å²) in [7, 11) is 0. The van der Waals surface area contributed by atoms with Crippen molar-refractivity contribution in [2.24, 2.45) is 11.3 Å². The maximum atomic E-state index is 8.34. The first kappa shape index (κ1) is 13.4. The summed E-state index contributed by atoms with van der Waals surface area (Å²) in [6, 6.07) is 2.13. The Labute approximate surface area is 88.7 Å². The van der Waals surface area contributed by atoms with Crippen LogP contribution in [0.1, 0.15) is 47.0 Å². The van der Waals surface area contributed by atoms with Crippen LogP contribution in [0.3, 0.4) is 0 Å². The molecule has 0 aliphatic rings. The second-order valence-corrected chi connectivity index (χ2v) is 5.32. The Bertz CT molecular complexity index is 174. The van der Waals surface area contributed by atoms with E-state index in [4.69, 9.17) is 5.26 Å². The predicted octanol–water partition coefficient (Wildman–Crippen LogP) is 2.95. The predicted molar refractivity (Wildman–Crippen MR) is 61.0 cm³/mol. The summed E-state index contributed by atoms with van der Waals surface area (Å²) in [5.41, 5.74) is 0.437. The van der Waals surface area contributed by atoms with Crippen molar-refractivity contribution in [3.05, 3.63) is 0 Å². The summed E-state index contributed by atoms with van der Waals surface area (Å²) in [5, 5.41) is 11.6. The van der Waals surface area contributed by atoms with Crippen molar-refractivity contribution in [1.82, 2.24) is 5.32 Å². The zero-order valence-corrected chi connectivity index (χ0v) is 10.1. The fraction of sp³-hybridized carbons (Fsp3) is 0.917. The largest absolute Gasteiger partial charge is 0.316 e. The number of nitriles is 1. The molecule has 0 aromatic rings. The Morgan fingerprint density at radius 1 is 1.29 bits per heavy atom. The van der Waals surface area contributed by atoms with Gasteiger partial charge in [-0.1, -0.05) is 27.7 Å². The fourth-order valence-corrected chi connectivity index (χ4v) is 1.77. The number of rotatable bonds is 6. The van der Waals surface area contributed by atoms with Gasteiger partial charge in [-0.25, -0.2) is 0 Å². The van der Waals surface area contributed by atoms with Crippen LogP contribution in [0.25, 0.3) is 0 Å². The molecule has 1 atom stereocenters. The van der Waals surface area contributed by atoms with Gasteiger partial charge in [-0.2, -0.15) is 5.26 Å². The first-order valence-corrected chi connectivity index (χ1v) is 5.53. The van der Waals surface area contributed by atoms with Crippen molar-refractivity contribution in [3.8, 4) is 6.07 Å². The summed E-state index contributed by atoms with van der Waals surface area (Å²) in [6.45, 7) is 11.0. The van der Waals surface area contributed by atoms with Crippen LogP contribution in [-0.4, -0.2) is 13.1 Å². The topological polar surface area (TPSA) is 35.8 Å². The lowest BCUT2D eigenvalue weighted by molar-refractivity contribution is 0.295. The van der Waals surface area contributed by atoms with Gasteiger partial charge >= 0.3 is 0 Å². The molecule has 0 aromatic carbocycles. The van der Waals surface area contributed by atoms with Gasteiger partial charge in [0.1, 0.15) is 0 Å². The van der Waals surface area contributed by atoms with Crippen molar-refractivity contribution in [3.63, 3.8) is 0 Å². The Kier molecular flexibility index (Phi) is 6.57. The van der Waals surface area contributed by atoms with Gasteiger partial charge in [-0.05, 0) is 30.7 Å². The van der Waals surface area contributed by atoms with Crippen molar-refractivity contribution in [2.75, 3.05) is 13.1 Å². The van der Waals surface area contributed by atoms with Crippen molar-refractivity contribution in [2.45, 2.75) is 47.0 Å². The zero-order valence-electron chi connectivity index (χ0n) is 10.1. The van der Waals surface area contributed by atoms with Crippen molar-refractivity contribution < 1.29 is 0 Å². The first-order chi connectivity index (χ1) is 6.45. The second-order valence-electron chi connectivity index (χ2n) is 5.32. The maximum Gasteiger partial charge on any atom is 0.0635 e. The number of nitrogens with zero attached hydrogens (tertiary/aromatic N) is 1. The van der Waals surface area contributed by atoms with Crippen molar-refractivity contribution >= 4 is 0 Å². The van der Waals surface area contributed by atoms with Crippen LogP contribution in [0.15, 0.2) is 0 Å². The minimum Gasteiger partial charge on any atom is -0.316 e. The highest BCUT2D eigenvalue weighted by atomic mass is 14.8. The van der Waals surface area contributed by atoms with Gasteiger partial charge in [0.2, 0.25) is 0 Å². The van der Waals surface area contributed by atoms with E-state index in [9.17, 15) is 0 Å². The molecule has 0 rings (SSSR count). The Morgan fingerprint density at radius 2 is 1.93 bits per heavy atom. The molecule has 2 heteroatoms. The SMILES string of the molecule is C[C@@H](CCNCCC#N)CC(C)(C)C. The molecule has 82 valence electrons. The fourth-order valence-electron chi connectivity index (χ4n) is 1.77. The summed E-state index contributed by atoms with van der Waals surface area (Å²) < 4.78 is 0. The molecule has 0 heterocycles. The quantitative estimate of drug-likeness (QED) is 0.663. The molecule has 0 saturated heterocycles. The lowest BCUT2D eigenvalue weighted by atomic mass is 9.84.